The standard InChI is InChI=1S/C17H27N3O/c1-5-13-10-12(11-15(18)19-13)16(21)20(4)14-6-8-17(2,3)9-7-14/h10-11,14H,5-9H2,1-4H3,(H2,18,19). The van der Waals surface area contributed by atoms with Gasteiger partial charge in [-0.3, -0.25) is 4.79 Å². The van der Waals surface area contributed by atoms with Crippen molar-refractivity contribution in [2.75, 3.05) is 12.8 Å². The van der Waals surface area contributed by atoms with Crippen LogP contribution in [0.3, 0.4) is 0 Å². The van der Waals surface area contributed by atoms with Gasteiger partial charge in [-0.2, -0.15) is 0 Å². The van der Waals surface area contributed by atoms with Gasteiger partial charge in [0, 0.05) is 24.3 Å². The summed E-state index contributed by atoms with van der Waals surface area (Å²) in [6.07, 6.45) is 5.29. The van der Waals surface area contributed by atoms with Gasteiger partial charge < -0.3 is 10.6 Å². The van der Waals surface area contributed by atoms with Gasteiger partial charge in [0.05, 0.1) is 0 Å². The molecular weight excluding hydrogens is 262 g/mol. The zero-order chi connectivity index (χ0) is 15.6. The van der Waals surface area contributed by atoms with E-state index in [1.807, 2.05) is 24.9 Å². The molecule has 0 saturated heterocycles. The lowest BCUT2D eigenvalue weighted by atomic mass is 9.75. The van der Waals surface area contributed by atoms with E-state index in [0.717, 1.165) is 25.0 Å². The van der Waals surface area contributed by atoms with Crippen molar-refractivity contribution >= 4 is 11.7 Å². The van der Waals surface area contributed by atoms with E-state index in [9.17, 15) is 4.79 Å². The van der Waals surface area contributed by atoms with Crippen LogP contribution in [0.25, 0.3) is 0 Å². The summed E-state index contributed by atoms with van der Waals surface area (Å²) < 4.78 is 0. The highest BCUT2D eigenvalue weighted by atomic mass is 16.2. The third kappa shape index (κ3) is 3.74. The third-order valence-electron chi connectivity index (χ3n) is 4.68. The summed E-state index contributed by atoms with van der Waals surface area (Å²) in [5, 5.41) is 0. The maximum Gasteiger partial charge on any atom is 0.254 e. The Morgan fingerprint density at radius 3 is 2.57 bits per heavy atom. The van der Waals surface area contributed by atoms with E-state index in [0.29, 0.717) is 22.8 Å². The first-order valence-electron chi connectivity index (χ1n) is 7.86. The molecule has 2 rings (SSSR count). The van der Waals surface area contributed by atoms with Crippen molar-refractivity contribution in [1.82, 2.24) is 9.88 Å². The summed E-state index contributed by atoms with van der Waals surface area (Å²) in [5.41, 5.74) is 7.75. The van der Waals surface area contributed by atoms with E-state index in [-0.39, 0.29) is 5.91 Å². The van der Waals surface area contributed by atoms with Crippen molar-refractivity contribution < 1.29 is 4.79 Å². The summed E-state index contributed by atoms with van der Waals surface area (Å²) in [6.45, 7) is 6.63. The topological polar surface area (TPSA) is 59.2 Å². The van der Waals surface area contributed by atoms with E-state index >= 15 is 0 Å². The average molecular weight is 289 g/mol. The first-order valence-corrected chi connectivity index (χ1v) is 7.86. The fourth-order valence-corrected chi connectivity index (χ4v) is 3.06. The molecule has 2 N–H and O–H groups in total. The number of carbonyl (C=O) groups is 1. The maximum absolute atomic E-state index is 12.7. The molecule has 0 spiro atoms. The number of amides is 1. The SMILES string of the molecule is CCc1cc(C(=O)N(C)C2CCC(C)(C)CC2)cc(N)n1. The van der Waals surface area contributed by atoms with E-state index < -0.39 is 0 Å². The molecular formula is C17H27N3O. The molecule has 1 saturated carbocycles. The lowest BCUT2D eigenvalue weighted by molar-refractivity contribution is 0.0635. The number of nitrogen functional groups attached to an aromatic ring is 1. The molecule has 1 aromatic rings. The summed E-state index contributed by atoms with van der Waals surface area (Å²) >= 11 is 0. The number of pyridine rings is 1. The monoisotopic (exact) mass is 289 g/mol. The Labute approximate surface area is 127 Å². The molecule has 116 valence electrons. The average Bonchev–Trinajstić information content (AvgIpc) is 2.45. The Kier molecular flexibility index (Phi) is 4.55. The number of aromatic nitrogens is 1. The zero-order valence-corrected chi connectivity index (χ0v) is 13.6. The highest BCUT2D eigenvalue weighted by Gasteiger charge is 2.30. The van der Waals surface area contributed by atoms with E-state index in [4.69, 9.17) is 5.73 Å². The van der Waals surface area contributed by atoms with E-state index in [2.05, 4.69) is 18.8 Å². The second-order valence-electron chi connectivity index (χ2n) is 6.94. The minimum atomic E-state index is 0.0588. The molecule has 1 amide bonds. The van der Waals surface area contributed by atoms with Crippen LogP contribution >= 0.6 is 0 Å². The van der Waals surface area contributed by atoms with Crippen LogP contribution in [0.5, 0.6) is 0 Å². The number of aryl methyl sites for hydroxylation is 1. The van der Waals surface area contributed by atoms with Crippen molar-refractivity contribution in [2.24, 2.45) is 5.41 Å². The van der Waals surface area contributed by atoms with Gasteiger partial charge in [-0.15, -0.1) is 0 Å². The number of carbonyl (C=O) groups excluding carboxylic acids is 1. The fourth-order valence-electron chi connectivity index (χ4n) is 3.06. The molecule has 21 heavy (non-hydrogen) atoms. The lowest BCUT2D eigenvalue weighted by Gasteiger charge is -2.38. The molecule has 0 radical (unpaired) electrons. The van der Waals surface area contributed by atoms with Gasteiger partial charge in [0.25, 0.3) is 5.91 Å². The second-order valence-corrected chi connectivity index (χ2v) is 6.94. The number of nitrogens with zero attached hydrogens (tertiary/aromatic N) is 2. The highest BCUT2D eigenvalue weighted by Crippen LogP contribution is 2.36. The van der Waals surface area contributed by atoms with Gasteiger partial charge in [0.1, 0.15) is 5.82 Å². The van der Waals surface area contributed by atoms with Crippen LogP contribution in [0.1, 0.15) is 62.5 Å². The number of rotatable bonds is 3. The van der Waals surface area contributed by atoms with Gasteiger partial charge >= 0.3 is 0 Å². The van der Waals surface area contributed by atoms with Crippen LogP contribution in [-0.2, 0) is 6.42 Å². The molecule has 0 atom stereocenters. The molecule has 1 fully saturated rings. The Morgan fingerprint density at radius 1 is 1.38 bits per heavy atom. The number of nitrogens with two attached hydrogens (primary N) is 1. The van der Waals surface area contributed by atoms with Crippen LogP contribution in [-0.4, -0.2) is 28.9 Å². The van der Waals surface area contributed by atoms with Gasteiger partial charge in [0.15, 0.2) is 0 Å². The Hall–Kier alpha value is -1.58. The lowest BCUT2D eigenvalue weighted by Crippen LogP contribution is -2.40. The van der Waals surface area contributed by atoms with E-state index in [1.165, 1.54) is 12.8 Å². The molecule has 1 aliphatic carbocycles. The second kappa shape index (κ2) is 6.04. The van der Waals surface area contributed by atoms with Crippen molar-refractivity contribution in [3.63, 3.8) is 0 Å². The van der Waals surface area contributed by atoms with Crippen molar-refractivity contribution in [1.29, 1.82) is 0 Å². The first-order chi connectivity index (χ1) is 9.82. The van der Waals surface area contributed by atoms with Crippen LogP contribution in [0.15, 0.2) is 12.1 Å². The predicted octanol–water partition coefficient (Wildman–Crippen LogP) is 3.27. The Bertz CT molecular complexity index is 515. The maximum atomic E-state index is 12.7. The first kappa shape index (κ1) is 15.8. The quantitative estimate of drug-likeness (QED) is 0.929. The zero-order valence-electron chi connectivity index (χ0n) is 13.6. The minimum Gasteiger partial charge on any atom is -0.384 e. The Balaban J connectivity index is 2.11. The molecule has 1 heterocycles. The molecule has 1 aromatic heterocycles. The largest absolute Gasteiger partial charge is 0.384 e. The normalized spacial score (nSPS) is 18.5. The van der Waals surface area contributed by atoms with Crippen LogP contribution in [0.2, 0.25) is 0 Å². The number of hydrogen-bond donors (Lipinski definition) is 1. The van der Waals surface area contributed by atoms with Crippen LogP contribution in [0, 0.1) is 5.41 Å². The summed E-state index contributed by atoms with van der Waals surface area (Å²) in [5.74, 6) is 0.486. The molecule has 4 nitrogen and oxygen atoms in total. The number of anilines is 1. The fraction of sp³-hybridized carbons (Fsp3) is 0.647. The van der Waals surface area contributed by atoms with Crippen LogP contribution < -0.4 is 5.73 Å². The van der Waals surface area contributed by atoms with Gasteiger partial charge in [-0.05, 0) is 49.7 Å². The number of hydrogen-bond acceptors (Lipinski definition) is 3. The van der Waals surface area contributed by atoms with E-state index in [1.54, 1.807) is 6.07 Å². The van der Waals surface area contributed by atoms with Gasteiger partial charge in [-0.1, -0.05) is 20.8 Å². The Morgan fingerprint density at radius 2 is 2.00 bits per heavy atom. The predicted molar refractivity (Wildman–Crippen MR) is 86.2 cm³/mol. The summed E-state index contributed by atoms with van der Waals surface area (Å²) in [6, 6.07) is 3.89. The highest BCUT2D eigenvalue weighted by molar-refractivity contribution is 5.95. The molecule has 4 heteroatoms. The van der Waals surface area contributed by atoms with Crippen molar-refractivity contribution in [3.8, 4) is 0 Å². The summed E-state index contributed by atoms with van der Waals surface area (Å²) in [7, 11) is 1.91. The molecule has 0 bridgehead atoms. The third-order valence-corrected chi connectivity index (χ3v) is 4.68. The van der Waals surface area contributed by atoms with Crippen LogP contribution in [0.4, 0.5) is 5.82 Å². The smallest absolute Gasteiger partial charge is 0.254 e. The minimum absolute atomic E-state index is 0.0588. The van der Waals surface area contributed by atoms with Gasteiger partial charge in [-0.25, -0.2) is 4.98 Å². The molecule has 0 aromatic carbocycles. The summed E-state index contributed by atoms with van der Waals surface area (Å²) in [4.78, 5) is 18.8. The van der Waals surface area contributed by atoms with Crippen molar-refractivity contribution in [2.45, 2.75) is 58.9 Å². The molecule has 0 unspecified atom stereocenters. The van der Waals surface area contributed by atoms with Gasteiger partial charge in [0.2, 0.25) is 0 Å². The molecule has 1 aliphatic rings. The van der Waals surface area contributed by atoms with Crippen molar-refractivity contribution in [3.05, 3.63) is 23.4 Å². The molecule has 0 aliphatic heterocycles.